The van der Waals surface area contributed by atoms with Gasteiger partial charge in [-0.1, -0.05) is 12.2 Å². The highest BCUT2D eigenvalue weighted by molar-refractivity contribution is 7.80. The van der Waals surface area contributed by atoms with Gasteiger partial charge in [-0.3, -0.25) is 4.79 Å². The minimum atomic E-state index is -0.368. The van der Waals surface area contributed by atoms with Crippen LogP contribution in [0, 0.1) is 0 Å². The molecule has 1 unspecified atom stereocenters. The first-order chi connectivity index (χ1) is 7.50. The van der Waals surface area contributed by atoms with Gasteiger partial charge < -0.3 is 16.8 Å². The Morgan fingerprint density at radius 2 is 2.31 bits per heavy atom. The van der Waals surface area contributed by atoms with Gasteiger partial charge in [0.2, 0.25) is 5.91 Å². The van der Waals surface area contributed by atoms with Gasteiger partial charge in [-0.05, 0) is 19.1 Å². The third kappa shape index (κ3) is 3.47. The quantitative estimate of drug-likeness (QED) is 0.645. The molecule has 1 rings (SSSR count). The molecule has 16 heavy (non-hydrogen) atoms. The molecule has 0 spiro atoms. The van der Waals surface area contributed by atoms with Crippen LogP contribution in [0.3, 0.4) is 0 Å². The smallest absolute Gasteiger partial charge is 0.219 e. The predicted molar refractivity (Wildman–Crippen MR) is 67.0 cm³/mol. The maximum absolute atomic E-state index is 10.7. The molecule has 1 aromatic rings. The summed E-state index contributed by atoms with van der Waals surface area (Å²) in [5.41, 5.74) is 11.3. The van der Waals surface area contributed by atoms with Crippen LogP contribution in [-0.4, -0.2) is 21.9 Å². The van der Waals surface area contributed by atoms with Crippen molar-refractivity contribution in [2.45, 2.75) is 19.4 Å². The number of hydrogen-bond donors (Lipinski definition) is 3. The van der Waals surface area contributed by atoms with Gasteiger partial charge in [0.05, 0.1) is 5.56 Å². The van der Waals surface area contributed by atoms with Gasteiger partial charge in [0.25, 0.3) is 0 Å². The summed E-state index contributed by atoms with van der Waals surface area (Å²) in [6.45, 7) is 1.84. The highest BCUT2D eigenvalue weighted by Crippen LogP contribution is 2.13. The van der Waals surface area contributed by atoms with E-state index in [-0.39, 0.29) is 23.4 Å². The number of thiocarbonyl (C=S) groups is 1. The molecule has 1 amide bonds. The fourth-order valence-electron chi connectivity index (χ4n) is 1.31. The maximum atomic E-state index is 10.7. The summed E-state index contributed by atoms with van der Waals surface area (Å²) in [7, 11) is 0. The molecule has 1 heterocycles. The lowest BCUT2D eigenvalue weighted by Crippen LogP contribution is -2.26. The molecule has 5 N–H and O–H groups in total. The number of primary amides is 1. The number of nitrogens with zero attached hydrogens (tertiary/aromatic N) is 1. The van der Waals surface area contributed by atoms with Crippen LogP contribution < -0.4 is 16.8 Å². The molecule has 6 heteroatoms. The number of carbonyl (C=O) groups is 1. The Bertz CT molecular complexity index is 408. The lowest BCUT2D eigenvalue weighted by Gasteiger charge is -2.15. The number of rotatable bonds is 5. The van der Waals surface area contributed by atoms with Gasteiger partial charge in [0.1, 0.15) is 10.8 Å². The van der Waals surface area contributed by atoms with E-state index in [0.29, 0.717) is 11.4 Å². The predicted octanol–water partition coefficient (Wildman–Crippen LogP) is 0.392. The standard InChI is InChI=1S/C10H14N4OS/c1-6(5-8(11)15)14-10-7(9(12)16)3-2-4-13-10/h2-4,6H,5H2,1H3,(H2,11,15)(H2,12,16)(H,13,14). The fourth-order valence-corrected chi connectivity index (χ4v) is 1.47. The van der Waals surface area contributed by atoms with Crippen molar-refractivity contribution in [1.82, 2.24) is 4.98 Å². The number of anilines is 1. The number of amides is 1. The van der Waals surface area contributed by atoms with Crippen LogP contribution in [0.15, 0.2) is 18.3 Å². The molecule has 5 nitrogen and oxygen atoms in total. The molecular weight excluding hydrogens is 224 g/mol. The van der Waals surface area contributed by atoms with Crippen molar-refractivity contribution in [2.75, 3.05) is 5.32 Å². The third-order valence-electron chi connectivity index (χ3n) is 1.96. The minimum Gasteiger partial charge on any atom is -0.389 e. The third-order valence-corrected chi connectivity index (χ3v) is 2.18. The van der Waals surface area contributed by atoms with Crippen molar-refractivity contribution in [1.29, 1.82) is 0 Å². The fraction of sp³-hybridized carbons (Fsp3) is 0.300. The molecule has 1 aromatic heterocycles. The molecule has 0 aliphatic heterocycles. The normalized spacial score (nSPS) is 11.8. The van der Waals surface area contributed by atoms with Crippen LogP contribution >= 0.6 is 12.2 Å². The molecule has 0 aliphatic carbocycles. The van der Waals surface area contributed by atoms with E-state index in [4.69, 9.17) is 23.7 Å². The van der Waals surface area contributed by atoms with E-state index in [1.165, 1.54) is 0 Å². The average Bonchev–Trinajstić information content (AvgIpc) is 2.16. The second-order valence-corrected chi connectivity index (χ2v) is 3.92. The first kappa shape index (κ1) is 12.4. The van der Waals surface area contributed by atoms with Crippen molar-refractivity contribution in [3.63, 3.8) is 0 Å². The first-order valence-electron chi connectivity index (χ1n) is 4.80. The van der Waals surface area contributed by atoms with E-state index >= 15 is 0 Å². The summed E-state index contributed by atoms with van der Waals surface area (Å²) in [6.07, 6.45) is 1.86. The van der Waals surface area contributed by atoms with Gasteiger partial charge in [-0.25, -0.2) is 4.98 Å². The summed E-state index contributed by atoms with van der Waals surface area (Å²) in [5, 5.41) is 3.04. The van der Waals surface area contributed by atoms with Crippen LogP contribution in [0.5, 0.6) is 0 Å². The average molecular weight is 238 g/mol. The van der Waals surface area contributed by atoms with Crippen molar-refractivity contribution in [2.24, 2.45) is 11.5 Å². The molecule has 86 valence electrons. The Labute approximate surface area is 99.2 Å². The van der Waals surface area contributed by atoms with Gasteiger partial charge >= 0.3 is 0 Å². The Balaban J connectivity index is 2.80. The van der Waals surface area contributed by atoms with E-state index < -0.39 is 0 Å². The molecule has 0 saturated carbocycles. The van der Waals surface area contributed by atoms with Crippen LogP contribution in [0.1, 0.15) is 18.9 Å². The van der Waals surface area contributed by atoms with E-state index in [9.17, 15) is 4.79 Å². The molecule has 0 radical (unpaired) electrons. The number of pyridine rings is 1. The van der Waals surface area contributed by atoms with Crippen LogP contribution in [0.25, 0.3) is 0 Å². The largest absolute Gasteiger partial charge is 0.389 e. The monoisotopic (exact) mass is 238 g/mol. The number of carbonyl (C=O) groups excluding carboxylic acids is 1. The SMILES string of the molecule is CC(CC(N)=O)Nc1ncccc1C(N)=S. The molecule has 1 atom stereocenters. The molecule has 0 aliphatic rings. The van der Waals surface area contributed by atoms with Crippen molar-refractivity contribution >= 4 is 28.9 Å². The van der Waals surface area contributed by atoms with E-state index in [1.807, 2.05) is 6.92 Å². The molecule has 0 bridgehead atoms. The van der Waals surface area contributed by atoms with Gasteiger partial charge in [-0.2, -0.15) is 0 Å². The zero-order chi connectivity index (χ0) is 12.1. The number of nitrogens with one attached hydrogen (secondary N) is 1. The Morgan fingerprint density at radius 3 is 2.88 bits per heavy atom. The van der Waals surface area contributed by atoms with Gasteiger partial charge in [0, 0.05) is 18.7 Å². The molecule has 0 saturated heterocycles. The maximum Gasteiger partial charge on any atom is 0.219 e. The van der Waals surface area contributed by atoms with E-state index in [2.05, 4.69) is 10.3 Å². The first-order valence-corrected chi connectivity index (χ1v) is 5.21. The van der Waals surface area contributed by atoms with Crippen molar-refractivity contribution in [3.05, 3.63) is 23.9 Å². The zero-order valence-corrected chi connectivity index (χ0v) is 9.75. The number of aromatic nitrogens is 1. The topological polar surface area (TPSA) is 94.0 Å². The Kier molecular flexibility index (Phi) is 4.19. The van der Waals surface area contributed by atoms with Crippen molar-refractivity contribution in [3.8, 4) is 0 Å². The van der Waals surface area contributed by atoms with Crippen molar-refractivity contribution < 1.29 is 4.79 Å². The van der Waals surface area contributed by atoms with Gasteiger partial charge in [0.15, 0.2) is 0 Å². The van der Waals surface area contributed by atoms with Crippen LogP contribution in [0.4, 0.5) is 5.82 Å². The molecular formula is C10H14N4OS. The van der Waals surface area contributed by atoms with Crippen LogP contribution in [0.2, 0.25) is 0 Å². The molecule has 0 fully saturated rings. The number of hydrogen-bond acceptors (Lipinski definition) is 4. The summed E-state index contributed by atoms with van der Waals surface area (Å²) in [4.78, 5) is 15.1. The Morgan fingerprint density at radius 1 is 1.62 bits per heavy atom. The second kappa shape index (κ2) is 5.41. The lowest BCUT2D eigenvalue weighted by molar-refractivity contribution is -0.118. The van der Waals surface area contributed by atoms with E-state index in [1.54, 1.807) is 18.3 Å². The Hall–Kier alpha value is -1.69. The van der Waals surface area contributed by atoms with Crippen LogP contribution in [-0.2, 0) is 4.79 Å². The molecule has 0 aromatic carbocycles. The number of nitrogens with two attached hydrogens (primary N) is 2. The van der Waals surface area contributed by atoms with Gasteiger partial charge in [-0.15, -0.1) is 0 Å². The zero-order valence-electron chi connectivity index (χ0n) is 8.93. The second-order valence-electron chi connectivity index (χ2n) is 3.48. The minimum absolute atomic E-state index is 0.111. The summed E-state index contributed by atoms with van der Waals surface area (Å²) in [5.74, 6) is 0.205. The highest BCUT2D eigenvalue weighted by Gasteiger charge is 2.10. The summed E-state index contributed by atoms with van der Waals surface area (Å²) in [6, 6.07) is 3.41. The van der Waals surface area contributed by atoms with E-state index in [0.717, 1.165) is 0 Å². The highest BCUT2D eigenvalue weighted by atomic mass is 32.1. The summed E-state index contributed by atoms with van der Waals surface area (Å²) >= 11 is 4.90. The summed E-state index contributed by atoms with van der Waals surface area (Å²) < 4.78 is 0. The lowest BCUT2D eigenvalue weighted by atomic mass is 10.2.